The number of ether oxygens (including phenoxy) is 1. The van der Waals surface area contributed by atoms with Crippen LogP contribution in [0, 0.1) is 6.92 Å². The Hall–Kier alpha value is -2.89. The lowest BCUT2D eigenvalue weighted by Gasteiger charge is -2.21. The minimum absolute atomic E-state index is 0.243. The predicted octanol–water partition coefficient (Wildman–Crippen LogP) is 5.13. The van der Waals surface area contributed by atoms with E-state index >= 15 is 0 Å². The molecule has 3 aromatic carbocycles. The average Bonchev–Trinajstić information content (AvgIpc) is 2.74. The molecule has 1 unspecified atom stereocenters. The monoisotopic (exact) mass is 407 g/mol. The molecule has 3 aromatic rings. The smallest absolute Gasteiger partial charge is 0.241 e. The summed E-state index contributed by atoms with van der Waals surface area (Å²) >= 11 is 0. The molecule has 0 aliphatic carbocycles. The van der Waals surface area contributed by atoms with Gasteiger partial charge in [-0.1, -0.05) is 66.7 Å². The highest BCUT2D eigenvalue weighted by Crippen LogP contribution is 2.29. The van der Waals surface area contributed by atoms with Gasteiger partial charge in [0.25, 0.3) is 0 Å². The van der Waals surface area contributed by atoms with Gasteiger partial charge in [-0.15, -0.1) is 0 Å². The third-order valence-electron chi connectivity index (χ3n) is 4.78. The minimum atomic E-state index is -3.69. The van der Waals surface area contributed by atoms with Crippen molar-refractivity contribution in [3.63, 3.8) is 0 Å². The summed E-state index contributed by atoms with van der Waals surface area (Å²) in [6.07, 6.45) is 0.446. The van der Waals surface area contributed by atoms with Crippen molar-refractivity contribution >= 4 is 15.6 Å². The topological polar surface area (TPSA) is 55.4 Å². The minimum Gasteiger partial charge on any atom is -0.497 e. The predicted molar refractivity (Wildman–Crippen MR) is 117 cm³/mol. The molecule has 0 aliphatic heterocycles. The maximum atomic E-state index is 13.0. The van der Waals surface area contributed by atoms with Crippen molar-refractivity contribution in [2.75, 3.05) is 7.11 Å². The van der Waals surface area contributed by atoms with Crippen molar-refractivity contribution in [1.29, 1.82) is 0 Å². The van der Waals surface area contributed by atoms with Gasteiger partial charge in [0.1, 0.15) is 5.75 Å². The van der Waals surface area contributed by atoms with Crippen LogP contribution in [0.15, 0.2) is 90.3 Å². The zero-order valence-electron chi connectivity index (χ0n) is 16.6. The van der Waals surface area contributed by atoms with Crippen LogP contribution in [0.4, 0.5) is 0 Å². The fraction of sp³-hybridized carbons (Fsp3) is 0.167. The van der Waals surface area contributed by atoms with E-state index in [1.54, 1.807) is 31.4 Å². The largest absolute Gasteiger partial charge is 0.497 e. The highest BCUT2D eigenvalue weighted by Gasteiger charge is 2.22. The second-order valence-electron chi connectivity index (χ2n) is 6.93. The standard InChI is InChI=1S/C24H25NO3S/c1-18-9-15-23(16-10-18)29(26,27)25-24(21-11-13-22(28-3)14-12-21)17-19(2)20-7-5-4-6-8-20/h4-16,24-25H,2,17H2,1,3H3. The molecule has 0 amide bonds. The van der Waals surface area contributed by atoms with Crippen molar-refractivity contribution in [2.24, 2.45) is 0 Å². The Balaban J connectivity index is 1.91. The van der Waals surface area contributed by atoms with Crippen LogP contribution in [-0.2, 0) is 10.0 Å². The number of methoxy groups -OCH3 is 1. The van der Waals surface area contributed by atoms with Gasteiger partial charge in [0.15, 0.2) is 0 Å². The zero-order valence-corrected chi connectivity index (χ0v) is 17.4. The SMILES string of the molecule is C=C(CC(NS(=O)(=O)c1ccc(C)cc1)c1ccc(OC)cc1)c1ccccc1. The molecule has 0 aromatic heterocycles. The summed E-state index contributed by atoms with van der Waals surface area (Å²) < 4.78 is 34.1. The molecule has 1 N–H and O–H groups in total. The van der Waals surface area contributed by atoms with Crippen LogP contribution >= 0.6 is 0 Å². The lowest BCUT2D eigenvalue weighted by molar-refractivity contribution is 0.414. The third-order valence-corrected chi connectivity index (χ3v) is 6.27. The van der Waals surface area contributed by atoms with Crippen molar-refractivity contribution in [3.8, 4) is 5.75 Å². The summed E-state index contributed by atoms with van der Waals surface area (Å²) in [5.41, 5.74) is 3.70. The summed E-state index contributed by atoms with van der Waals surface area (Å²) in [6.45, 7) is 6.10. The molecule has 5 heteroatoms. The van der Waals surface area contributed by atoms with Crippen LogP contribution in [0.2, 0.25) is 0 Å². The second-order valence-corrected chi connectivity index (χ2v) is 8.65. The summed E-state index contributed by atoms with van der Waals surface area (Å²) in [7, 11) is -2.09. The summed E-state index contributed by atoms with van der Waals surface area (Å²) in [6, 6.07) is 23.5. The van der Waals surface area contributed by atoms with E-state index in [0.717, 1.165) is 28.0 Å². The molecule has 0 radical (unpaired) electrons. The van der Waals surface area contributed by atoms with Gasteiger partial charge in [0, 0.05) is 0 Å². The Bertz CT molecular complexity index is 1060. The molecule has 0 heterocycles. The van der Waals surface area contributed by atoms with Gasteiger partial charge < -0.3 is 4.74 Å². The van der Waals surface area contributed by atoms with Crippen LogP contribution in [-0.4, -0.2) is 15.5 Å². The van der Waals surface area contributed by atoms with Gasteiger partial charge in [-0.3, -0.25) is 0 Å². The molecule has 0 saturated carbocycles. The van der Waals surface area contributed by atoms with Crippen molar-refractivity contribution < 1.29 is 13.2 Å². The molecule has 0 bridgehead atoms. The first kappa shape index (κ1) is 20.8. The maximum absolute atomic E-state index is 13.0. The highest BCUT2D eigenvalue weighted by molar-refractivity contribution is 7.89. The van der Waals surface area contributed by atoms with Gasteiger partial charge in [-0.05, 0) is 54.3 Å². The first-order chi connectivity index (χ1) is 13.9. The summed E-state index contributed by atoms with van der Waals surface area (Å²) in [4.78, 5) is 0.243. The molecule has 0 aliphatic rings. The maximum Gasteiger partial charge on any atom is 0.241 e. The van der Waals surface area contributed by atoms with E-state index in [4.69, 9.17) is 4.74 Å². The van der Waals surface area contributed by atoms with E-state index in [1.165, 1.54) is 0 Å². The number of hydrogen-bond acceptors (Lipinski definition) is 3. The number of hydrogen-bond donors (Lipinski definition) is 1. The van der Waals surface area contributed by atoms with Crippen LogP contribution in [0.3, 0.4) is 0 Å². The second kappa shape index (κ2) is 9.07. The fourth-order valence-corrected chi connectivity index (χ4v) is 4.30. The molecular weight excluding hydrogens is 382 g/mol. The molecule has 0 fully saturated rings. The molecule has 1 atom stereocenters. The lowest BCUT2D eigenvalue weighted by Crippen LogP contribution is -2.29. The van der Waals surface area contributed by atoms with Gasteiger partial charge in [0.2, 0.25) is 10.0 Å². The highest BCUT2D eigenvalue weighted by atomic mass is 32.2. The quantitative estimate of drug-likeness (QED) is 0.563. The molecular formula is C24H25NO3S. The van der Waals surface area contributed by atoms with E-state index in [9.17, 15) is 8.42 Å². The van der Waals surface area contributed by atoms with Crippen molar-refractivity contribution in [2.45, 2.75) is 24.3 Å². The zero-order chi connectivity index (χ0) is 20.9. The summed E-state index contributed by atoms with van der Waals surface area (Å²) in [5.74, 6) is 0.718. The number of nitrogens with one attached hydrogen (secondary N) is 1. The van der Waals surface area contributed by atoms with E-state index in [1.807, 2.05) is 61.5 Å². The average molecular weight is 408 g/mol. The number of benzene rings is 3. The fourth-order valence-electron chi connectivity index (χ4n) is 3.07. The van der Waals surface area contributed by atoms with Crippen LogP contribution in [0.5, 0.6) is 5.75 Å². The molecule has 29 heavy (non-hydrogen) atoms. The number of rotatable bonds is 8. The first-order valence-electron chi connectivity index (χ1n) is 9.35. The van der Waals surface area contributed by atoms with E-state index < -0.39 is 16.1 Å². The van der Waals surface area contributed by atoms with Gasteiger partial charge >= 0.3 is 0 Å². The Kier molecular flexibility index (Phi) is 6.52. The van der Waals surface area contributed by atoms with Gasteiger partial charge in [-0.2, -0.15) is 0 Å². The molecule has 4 nitrogen and oxygen atoms in total. The van der Waals surface area contributed by atoms with Crippen LogP contribution in [0.1, 0.15) is 29.2 Å². The molecule has 3 rings (SSSR count). The molecule has 0 spiro atoms. The Morgan fingerprint density at radius 2 is 1.59 bits per heavy atom. The number of aryl methyl sites for hydroxylation is 1. The Labute approximate surface area is 172 Å². The Morgan fingerprint density at radius 3 is 2.17 bits per heavy atom. The molecule has 150 valence electrons. The van der Waals surface area contributed by atoms with Crippen molar-refractivity contribution in [1.82, 2.24) is 4.72 Å². The van der Waals surface area contributed by atoms with E-state index in [-0.39, 0.29) is 4.90 Å². The van der Waals surface area contributed by atoms with Crippen LogP contribution in [0.25, 0.3) is 5.57 Å². The lowest BCUT2D eigenvalue weighted by atomic mass is 9.96. The number of sulfonamides is 1. The third kappa shape index (κ3) is 5.34. The molecule has 0 saturated heterocycles. The normalized spacial score (nSPS) is 12.3. The van der Waals surface area contributed by atoms with E-state index in [2.05, 4.69) is 11.3 Å². The Morgan fingerprint density at radius 1 is 0.966 bits per heavy atom. The summed E-state index contributed by atoms with van der Waals surface area (Å²) in [5, 5.41) is 0. The van der Waals surface area contributed by atoms with Crippen molar-refractivity contribution in [3.05, 3.63) is 102 Å². The van der Waals surface area contributed by atoms with Gasteiger partial charge in [-0.25, -0.2) is 13.1 Å². The van der Waals surface area contributed by atoms with Gasteiger partial charge in [0.05, 0.1) is 18.0 Å². The van der Waals surface area contributed by atoms with E-state index in [0.29, 0.717) is 6.42 Å². The van der Waals surface area contributed by atoms with Crippen LogP contribution < -0.4 is 9.46 Å². The first-order valence-corrected chi connectivity index (χ1v) is 10.8.